The molecular weight excluding hydrogens is 484 g/mol. The normalized spacial score (nSPS) is 16.1. The highest BCUT2D eigenvalue weighted by Crippen LogP contribution is 2.27. The number of carbonyl (C=O) groups is 3. The minimum absolute atomic E-state index is 0.0132. The van der Waals surface area contributed by atoms with Gasteiger partial charge in [-0.2, -0.15) is 0 Å². The van der Waals surface area contributed by atoms with Crippen LogP contribution in [0.5, 0.6) is 0 Å². The number of nitrogens with two attached hydrogens (primary N) is 1. The number of piperazine rings is 1. The van der Waals surface area contributed by atoms with Crippen molar-refractivity contribution in [1.29, 1.82) is 0 Å². The Morgan fingerprint density at radius 1 is 0.947 bits per heavy atom. The third-order valence-corrected chi connectivity index (χ3v) is 7.39. The van der Waals surface area contributed by atoms with Crippen molar-refractivity contribution in [2.45, 2.75) is 33.4 Å². The largest absolute Gasteiger partial charge is 0.481 e. The van der Waals surface area contributed by atoms with Gasteiger partial charge in [-0.25, -0.2) is 9.97 Å². The van der Waals surface area contributed by atoms with Crippen LogP contribution in [0.4, 0.5) is 5.95 Å². The molecular formula is C28H32N6O4. The second kappa shape index (κ2) is 10.0. The van der Waals surface area contributed by atoms with E-state index in [1.807, 2.05) is 41.3 Å². The summed E-state index contributed by atoms with van der Waals surface area (Å²) in [6, 6.07) is 13.4. The van der Waals surface area contributed by atoms with Crippen molar-refractivity contribution >= 4 is 34.6 Å². The maximum Gasteiger partial charge on any atom is 0.310 e. The number of rotatable bonds is 6. The summed E-state index contributed by atoms with van der Waals surface area (Å²) in [6.07, 6.45) is 0.184. The predicted octanol–water partition coefficient (Wildman–Crippen LogP) is 2.17. The zero-order chi connectivity index (χ0) is 27.0. The number of carbonyl (C=O) groups excluding carboxylic acids is 2. The molecule has 0 aliphatic carbocycles. The number of carboxylic acids is 1. The standard InChI is InChI=1S/C28H32N6O4/c1-28(2,26(37)38)17-32-9-11-33(12-10-32)23(35)14-18-7-8-22-21(13-18)24(31-27(29)30-22)25(36)34-15-19-5-3-4-6-20(19)16-34/h3-8,13H,9-12,14-17H2,1-2H3,(H,37,38)(H2,29,30,31). The number of aromatic nitrogens is 2. The Labute approximate surface area is 221 Å². The smallest absolute Gasteiger partial charge is 0.310 e. The van der Waals surface area contributed by atoms with E-state index >= 15 is 0 Å². The van der Waals surface area contributed by atoms with Gasteiger partial charge in [-0.15, -0.1) is 0 Å². The summed E-state index contributed by atoms with van der Waals surface area (Å²) in [5, 5.41) is 9.97. The number of fused-ring (bicyclic) bond motifs is 2. The van der Waals surface area contributed by atoms with Crippen LogP contribution >= 0.6 is 0 Å². The van der Waals surface area contributed by atoms with Crippen LogP contribution in [-0.4, -0.2) is 80.3 Å². The van der Waals surface area contributed by atoms with Crippen molar-refractivity contribution in [3.05, 3.63) is 64.8 Å². The number of carboxylic acid groups (broad SMARTS) is 1. The molecule has 0 spiro atoms. The number of nitrogen functional groups attached to an aromatic ring is 1. The number of hydrogen-bond donors (Lipinski definition) is 2. The highest BCUT2D eigenvalue weighted by Gasteiger charge is 2.32. The van der Waals surface area contributed by atoms with E-state index in [2.05, 4.69) is 14.9 Å². The molecule has 10 heteroatoms. The second-order valence-electron chi connectivity index (χ2n) is 10.7. The quantitative estimate of drug-likeness (QED) is 0.509. The Kier molecular flexibility index (Phi) is 6.75. The molecule has 1 fully saturated rings. The first-order valence-corrected chi connectivity index (χ1v) is 12.8. The molecule has 10 nitrogen and oxygen atoms in total. The lowest BCUT2D eigenvalue weighted by atomic mass is 9.93. The van der Waals surface area contributed by atoms with Crippen LogP contribution in [0, 0.1) is 5.41 Å². The molecule has 0 bridgehead atoms. The number of hydrogen-bond acceptors (Lipinski definition) is 7. The van der Waals surface area contributed by atoms with E-state index in [1.54, 1.807) is 24.8 Å². The minimum atomic E-state index is -0.838. The average Bonchev–Trinajstić information content (AvgIpc) is 3.32. The lowest BCUT2D eigenvalue weighted by molar-refractivity contribution is -0.148. The summed E-state index contributed by atoms with van der Waals surface area (Å²) in [5.41, 5.74) is 8.90. The van der Waals surface area contributed by atoms with Crippen LogP contribution in [0.25, 0.3) is 10.9 Å². The van der Waals surface area contributed by atoms with Gasteiger partial charge in [0, 0.05) is 51.2 Å². The van der Waals surface area contributed by atoms with E-state index in [-0.39, 0.29) is 29.9 Å². The fourth-order valence-electron chi connectivity index (χ4n) is 5.16. The summed E-state index contributed by atoms with van der Waals surface area (Å²) in [7, 11) is 0. The highest BCUT2D eigenvalue weighted by molar-refractivity contribution is 6.05. The van der Waals surface area contributed by atoms with Crippen LogP contribution in [0.3, 0.4) is 0 Å². The summed E-state index contributed by atoms with van der Waals surface area (Å²) in [4.78, 5) is 52.3. The Hall–Kier alpha value is -4.05. The Bertz CT molecular complexity index is 1390. The van der Waals surface area contributed by atoms with E-state index in [1.165, 1.54) is 0 Å². The van der Waals surface area contributed by atoms with Gasteiger partial charge in [0.15, 0.2) is 0 Å². The van der Waals surface area contributed by atoms with Crippen LogP contribution in [0.2, 0.25) is 0 Å². The molecule has 2 amide bonds. The maximum atomic E-state index is 13.5. The molecule has 3 heterocycles. The maximum absolute atomic E-state index is 13.5. The molecule has 3 aromatic rings. The lowest BCUT2D eigenvalue weighted by Gasteiger charge is -2.37. The van der Waals surface area contributed by atoms with Crippen molar-refractivity contribution < 1.29 is 19.5 Å². The molecule has 3 N–H and O–H groups in total. The van der Waals surface area contributed by atoms with E-state index in [0.29, 0.717) is 56.7 Å². The van der Waals surface area contributed by atoms with Gasteiger partial charge in [0.2, 0.25) is 11.9 Å². The molecule has 0 atom stereocenters. The zero-order valence-corrected chi connectivity index (χ0v) is 21.7. The average molecular weight is 517 g/mol. The number of aliphatic carboxylic acids is 1. The first kappa shape index (κ1) is 25.6. The summed E-state index contributed by atoms with van der Waals surface area (Å²) in [6.45, 7) is 7.23. The van der Waals surface area contributed by atoms with E-state index in [9.17, 15) is 19.5 Å². The molecule has 1 saturated heterocycles. The fraction of sp³-hybridized carbons (Fsp3) is 0.393. The van der Waals surface area contributed by atoms with Crippen LogP contribution < -0.4 is 5.73 Å². The first-order valence-electron chi connectivity index (χ1n) is 12.8. The molecule has 2 aromatic carbocycles. The van der Waals surface area contributed by atoms with E-state index in [4.69, 9.17) is 5.73 Å². The van der Waals surface area contributed by atoms with Crippen molar-refractivity contribution in [2.75, 3.05) is 38.5 Å². The van der Waals surface area contributed by atoms with Crippen LogP contribution in [0.1, 0.15) is 41.0 Å². The Balaban J connectivity index is 1.29. The number of benzene rings is 2. The number of amides is 2. The monoisotopic (exact) mass is 516 g/mol. The molecule has 1 aromatic heterocycles. The van der Waals surface area contributed by atoms with Gasteiger partial charge in [0.25, 0.3) is 5.91 Å². The Morgan fingerprint density at radius 2 is 1.61 bits per heavy atom. The lowest BCUT2D eigenvalue weighted by Crippen LogP contribution is -2.52. The van der Waals surface area contributed by atoms with Gasteiger partial charge in [-0.3, -0.25) is 19.3 Å². The van der Waals surface area contributed by atoms with Gasteiger partial charge >= 0.3 is 5.97 Å². The van der Waals surface area contributed by atoms with Crippen molar-refractivity contribution in [3.8, 4) is 0 Å². The summed E-state index contributed by atoms with van der Waals surface area (Å²) in [5.74, 6) is -1.03. The molecule has 198 valence electrons. The first-order chi connectivity index (χ1) is 18.1. The number of anilines is 1. The SMILES string of the molecule is CC(C)(CN1CCN(C(=O)Cc2ccc3nc(N)nc(C(=O)N4Cc5ccccc5C4)c3c2)CC1)C(=O)O. The van der Waals surface area contributed by atoms with Gasteiger partial charge in [-0.05, 0) is 42.7 Å². The van der Waals surface area contributed by atoms with Crippen LogP contribution in [-0.2, 0) is 29.1 Å². The van der Waals surface area contributed by atoms with Crippen LogP contribution in [0.15, 0.2) is 42.5 Å². The number of nitrogens with zero attached hydrogens (tertiary/aromatic N) is 5. The van der Waals surface area contributed by atoms with Gasteiger partial charge in [0.05, 0.1) is 17.4 Å². The predicted molar refractivity (Wildman–Crippen MR) is 142 cm³/mol. The van der Waals surface area contributed by atoms with Crippen molar-refractivity contribution in [2.24, 2.45) is 5.41 Å². The minimum Gasteiger partial charge on any atom is -0.481 e. The highest BCUT2D eigenvalue weighted by atomic mass is 16.4. The van der Waals surface area contributed by atoms with Crippen molar-refractivity contribution in [3.63, 3.8) is 0 Å². The van der Waals surface area contributed by atoms with E-state index < -0.39 is 11.4 Å². The molecule has 2 aliphatic heterocycles. The molecule has 5 rings (SSSR count). The molecule has 2 aliphatic rings. The summed E-state index contributed by atoms with van der Waals surface area (Å²) < 4.78 is 0. The second-order valence-corrected chi connectivity index (χ2v) is 10.7. The topological polar surface area (TPSA) is 133 Å². The Morgan fingerprint density at radius 3 is 2.24 bits per heavy atom. The van der Waals surface area contributed by atoms with Gasteiger partial charge in [0.1, 0.15) is 5.69 Å². The van der Waals surface area contributed by atoms with Gasteiger partial charge < -0.3 is 20.6 Å². The summed E-state index contributed by atoms with van der Waals surface area (Å²) >= 11 is 0. The fourth-order valence-corrected chi connectivity index (χ4v) is 5.16. The third kappa shape index (κ3) is 5.17. The third-order valence-electron chi connectivity index (χ3n) is 7.39. The zero-order valence-electron chi connectivity index (χ0n) is 21.7. The van der Waals surface area contributed by atoms with Crippen molar-refractivity contribution in [1.82, 2.24) is 24.7 Å². The molecule has 0 saturated carbocycles. The molecule has 38 heavy (non-hydrogen) atoms. The van der Waals surface area contributed by atoms with Gasteiger partial charge in [-0.1, -0.05) is 30.3 Å². The molecule has 0 radical (unpaired) electrons. The van der Waals surface area contributed by atoms with E-state index in [0.717, 1.165) is 16.7 Å². The molecule has 0 unspecified atom stereocenters.